The van der Waals surface area contributed by atoms with Crippen molar-refractivity contribution >= 4 is 40.7 Å². The van der Waals surface area contributed by atoms with Gasteiger partial charge in [-0.2, -0.15) is 4.98 Å². The van der Waals surface area contributed by atoms with E-state index in [9.17, 15) is 4.39 Å². The van der Waals surface area contributed by atoms with Gasteiger partial charge in [0, 0.05) is 29.3 Å². The molecule has 0 aliphatic heterocycles. The third-order valence-electron chi connectivity index (χ3n) is 4.32. The third-order valence-corrected chi connectivity index (χ3v) is 5.50. The Morgan fingerprint density at radius 1 is 1.27 bits per heavy atom. The van der Waals surface area contributed by atoms with Crippen LogP contribution in [0, 0.1) is 12.7 Å². The highest BCUT2D eigenvalue weighted by Gasteiger charge is 2.19. The first-order chi connectivity index (χ1) is 15.9. The zero-order chi connectivity index (χ0) is 23.4. The van der Waals surface area contributed by atoms with Crippen LogP contribution in [-0.4, -0.2) is 30.7 Å². The van der Waals surface area contributed by atoms with E-state index in [2.05, 4.69) is 40.6 Å². The van der Waals surface area contributed by atoms with Gasteiger partial charge in [-0.3, -0.25) is 10.4 Å². The van der Waals surface area contributed by atoms with E-state index in [4.69, 9.17) is 33.5 Å². The molecule has 0 aliphatic carbocycles. The van der Waals surface area contributed by atoms with Gasteiger partial charge < -0.3 is 10.3 Å². The number of rotatable bonds is 7. The molecule has 3 aromatic heterocycles. The van der Waals surface area contributed by atoms with Crippen molar-refractivity contribution in [2.24, 2.45) is 10.7 Å². The number of hydrogen-bond acceptors (Lipinski definition) is 9. The molecule has 4 N–H and O–H groups in total. The highest BCUT2D eigenvalue weighted by molar-refractivity contribution is 7.05. The number of halogens is 3. The van der Waals surface area contributed by atoms with Crippen LogP contribution in [0.1, 0.15) is 16.5 Å². The van der Waals surface area contributed by atoms with E-state index in [-0.39, 0.29) is 24.0 Å². The van der Waals surface area contributed by atoms with Gasteiger partial charge in [0.25, 0.3) is 0 Å². The van der Waals surface area contributed by atoms with Gasteiger partial charge in [0.05, 0.1) is 34.9 Å². The van der Waals surface area contributed by atoms with Crippen molar-refractivity contribution in [2.75, 3.05) is 0 Å². The summed E-state index contributed by atoms with van der Waals surface area (Å²) in [5.41, 5.74) is 12.9. The SMILES string of the molecule is Cc1nc(-c2c(Cl)cc(Cl)cc2-c2cnc(CN=C(N)NNCc3cnns3)c(F)c2)no1. The number of hydrazine groups is 1. The molecule has 33 heavy (non-hydrogen) atoms. The van der Waals surface area contributed by atoms with Crippen molar-refractivity contribution < 1.29 is 8.91 Å². The topological polar surface area (TPSA) is 140 Å². The number of nitrogens with one attached hydrogen (secondary N) is 2. The van der Waals surface area contributed by atoms with Crippen LogP contribution >= 0.6 is 34.7 Å². The molecule has 10 nitrogen and oxygen atoms in total. The summed E-state index contributed by atoms with van der Waals surface area (Å²) in [7, 11) is 0. The van der Waals surface area contributed by atoms with E-state index >= 15 is 0 Å². The number of pyridine rings is 1. The molecule has 14 heteroatoms. The molecular formula is C19H16Cl2FN9OS. The maximum atomic E-state index is 14.8. The van der Waals surface area contributed by atoms with Crippen molar-refractivity contribution in [2.45, 2.75) is 20.0 Å². The van der Waals surface area contributed by atoms with Gasteiger partial charge in [-0.15, -0.1) is 5.10 Å². The number of aromatic nitrogens is 5. The monoisotopic (exact) mass is 507 g/mol. The van der Waals surface area contributed by atoms with E-state index < -0.39 is 5.82 Å². The van der Waals surface area contributed by atoms with E-state index in [1.807, 2.05) is 0 Å². The fraction of sp³-hybridized carbons (Fsp3) is 0.158. The number of hydrogen-bond donors (Lipinski definition) is 3. The van der Waals surface area contributed by atoms with Crippen LogP contribution in [0.15, 0.2) is 40.1 Å². The van der Waals surface area contributed by atoms with Gasteiger partial charge in [-0.05, 0) is 35.3 Å². The average molecular weight is 508 g/mol. The number of nitrogens with zero attached hydrogens (tertiary/aromatic N) is 6. The Labute approximate surface area is 201 Å². The summed E-state index contributed by atoms with van der Waals surface area (Å²) in [5, 5.41) is 8.31. The number of aryl methyl sites for hydroxylation is 1. The highest BCUT2D eigenvalue weighted by atomic mass is 35.5. The first-order valence-electron chi connectivity index (χ1n) is 9.40. The lowest BCUT2D eigenvalue weighted by molar-refractivity contribution is 0.394. The smallest absolute Gasteiger partial charge is 0.223 e. The third kappa shape index (κ3) is 5.60. The van der Waals surface area contributed by atoms with Gasteiger partial charge in [0.1, 0.15) is 5.82 Å². The Morgan fingerprint density at radius 3 is 2.82 bits per heavy atom. The minimum absolute atomic E-state index is 0.0675. The number of benzene rings is 1. The van der Waals surface area contributed by atoms with Crippen molar-refractivity contribution in [3.05, 3.63) is 62.9 Å². The van der Waals surface area contributed by atoms with E-state index in [0.717, 1.165) is 4.88 Å². The van der Waals surface area contributed by atoms with E-state index in [1.54, 1.807) is 25.3 Å². The molecule has 3 heterocycles. The van der Waals surface area contributed by atoms with Crippen LogP contribution in [0.3, 0.4) is 0 Å². The largest absolute Gasteiger partial charge is 0.369 e. The summed E-state index contributed by atoms with van der Waals surface area (Å²) >= 11 is 13.8. The van der Waals surface area contributed by atoms with Gasteiger partial charge in [0.15, 0.2) is 0 Å². The lowest BCUT2D eigenvalue weighted by atomic mass is 10.00. The van der Waals surface area contributed by atoms with E-state index in [1.165, 1.54) is 23.8 Å². The Kier molecular flexibility index (Phi) is 7.08. The van der Waals surface area contributed by atoms with E-state index in [0.29, 0.717) is 39.2 Å². The Balaban J connectivity index is 1.52. The molecule has 0 fully saturated rings. The van der Waals surface area contributed by atoms with Crippen LogP contribution < -0.4 is 16.6 Å². The summed E-state index contributed by atoms with van der Waals surface area (Å²) < 4.78 is 23.6. The van der Waals surface area contributed by atoms with Crippen LogP contribution in [0.4, 0.5) is 4.39 Å². The molecule has 0 bridgehead atoms. The first-order valence-corrected chi connectivity index (χ1v) is 10.9. The summed E-state index contributed by atoms with van der Waals surface area (Å²) in [5.74, 6) is 0.135. The molecule has 0 unspecified atom stereocenters. The zero-order valence-corrected chi connectivity index (χ0v) is 19.3. The average Bonchev–Trinajstić information content (AvgIpc) is 3.44. The van der Waals surface area contributed by atoms with Crippen molar-refractivity contribution in [3.63, 3.8) is 0 Å². The standard InChI is InChI=1S/C19H16Cl2FN9OS/c1-9-28-18(30-32-9)17-13(3-11(20)4-14(17)21)10-2-15(22)16(24-5-10)8-25-19(23)29-26-6-12-7-27-31-33-12/h2-5,7,26H,6,8H2,1H3,(H3,23,25,29). The van der Waals surface area contributed by atoms with Crippen LogP contribution in [0.2, 0.25) is 10.0 Å². The summed E-state index contributed by atoms with van der Waals surface area (Å²) in [6.07, 6.45) is 3.12. The second-order valence-electron chi connectivity index (χ2n) is 6.66. The summed E-state index contributed by atoms with van der Waals surface area (Å²) in [4.78, 5) is 13.4. The normalized spacial score (nSPS) is 11.7. The summed E-state index contributed by atoms with van der Waals surface area (Å²) in [6, 6.07) is 4.50. The molecule has 0 amide bonds. The van der Waals surface area contributed by atoms with Crippen LogP contribution in [0.5, 0.6) is 0 Å². The van der Waals surface area contributed by atoms with Crippen molar-refractivity contribution in [1.29, 1.82) is 0 Å². The maximum absolute atomic E-state index is 14.8. The molecule has 4 rings (SSSR count). The fourth-order valence-electron chi connectivity index (χ4n) is 2.85. The molecule has 0 spiro atoms. The van der Waals surface area contributed by atoms with Gasteiger partial charge in [-0.1, -0.05) is 32.8 Å². The van der Waals surface area contributed by atoms with Crippen LogP contribution in [-0.2, 0) is 13.1 Å². The molecule has 0 aliphatic rings. The molecule has 170 valence electrons. The van der Waals surface area contributed by atoms with Crippen molar-refractivity contribution in [3.8, 4) is 22.5 Å². The predicted octanol–water partition coefficient (Wildman–Crippen LogP) is 3.51. The molecule has 0 atom stereocenters. The number of aliphatic imine (C=N–C) groups is 1. The van der Waals surface area contributed by atoms with Gasteiger partial charge >= 0.3 is 0 Å². The Hall–Kier alpha value is -3.19. The van der Waals surface area contributed by atoms with Gasteiger partial charge in [0.2, 0.25) is 17.7 Å². The molecule has 1 aromatic carbocycles. The van der Waals surface area contributed by atoms with Crippen molar-refractivity contribution in [1.82, 2.24) is 35.6 Å². The fourth-order valence-corrected chi connectivity index (χ4v) is 3.85. The predicted molar refractivity (Wildman–Crippen MR) is 123 cm³/mol. The number of guanidine groups is 1. The quantitative estimate of drug-likeness (QED) is 0.194. The highest BCUT2D eigenvalue weighted by Crippen LogP contribution is 2.38. The molecule has 0 saturated heterocycles. The minimum atomic E-state index is -0.570. The van der Waals surface area contributed by atoms with Crippen LogP contribution in [0.25, 0.3) is 22.5 Å². The molecular weight excluding hydrogens is 492 g/mol. The second kappa shape index (κ2) is 10.2. The lowest BCUT2D eigenvalue weighted by Crippen LogP contribution is -2.41. The summed E-state index contributed by atoms with van der Waals surface area (Å²) in [6.45, 7) is 2.05. The molecule has 4 aromatic rings. The minimum Gasteiger partial charge on any atom is -0.369 e. The molecule has 0 saturated carbocycles. The number of nitrogens with two attached hydrogens (primary N) is 1. The Bertz CT molecular complexity index is 1300. The zero-order valence-electron chi connectivity index (χ0n) is 17.0. The van der Waals surface area contributed by atoms with Gasteiger partial charge in [-0.25, -0.2) is 14.8 Å². The molecule has 0 radical (unpaired) electrons. The maximum Gasteiger partial charge on any atom is 0.223 e. The lowest BCUT2D eigenvalue weighted by Gasteiger charge is -2.11. The first kappa shape index (κ1) is 23.0. The Morgan fingerprint density at radius 2 is 2.12 bits per heavy atom. The second-order valence-corrected chi connectivity index (χ2v) is 8.38.